The van der Waals surface area contributed by atoms with Crippen molar-refractivity contribution in [1.82, 2.24) is 10.2 Å². The molecule has 0 aromatic heterocycles. The first-order chi connectivity index (χ1) is 11.6. The van der Waals surface area contributed by atoms with Crippen LogP contribution in [0, 0.1) is 0 Å². The number of hydrogen-bond acceptors (Lipinski definition) is 5. The zero-order chi connectivity index (χ0) is 17.5. The Morgan fingerprint density at radius 3 is 2.67 bits per heavy atom. The third-order valence-corrected chi connectivity index (χ3v) is 3.94. The van der Waals surface area contributed by atoms with Crippen LogP contribution in [0.15, 0.2) is 18.2 Å². The van der Waals surface area contributed by atoms with Gasteiger partial charge < -0.3 is 24.4 Å². The van der Waals surface area contributed by atoms with Crippen molar-refractivity contribution in [1.29, 1.82) is 0 Å². The molecule has 1 fully saturated rings. The van der Waals surface area contributed by atoms with Crippen LogP contribution in [0.1, 0.15) is 30.1 Å². The first-order valence-corrected chi connectivity index (χ1v) is 8.03. The third kappa shape index (κ3) is 4.31. The highest BCUT2D eigenvalue weighted by atomic mass is 16.5. The lowest BCUT2D eigenvalue weighted by atomic mass is 10.0. The number of benzene rings is 1. The SMILES string of the molecule is CCOC(=O)NC1CCCN(C(=O)c2ccc(OC)c(OC)c2)C1. The van der Waals surface area contributed by atoms with Gasteiger partial charge in [-0.25, -0.2) is 4.79 Å². The summed E-state index contributed by atoms with van der Waals surface area (Å²) in [5, 5.41) is 2.80. The van der Waals surface area contributed by atoms with Gasteiger partial charge in [-0.1, -0.05) is 0 Å². The standard InChI is InChI=1S/C17H24N2O5/c1-4-24-17(21)18-13-6-5-9-19(11-13)16(20)12-7-8-14(22-2)15(10-12)23-3/h7-8,10,13H,4-6,9,11H2,1-3H3,(H,18,21). The maximum atomic E-state index is 12.7. The maximum absolute atomic E-state index is 12.7. The zero-order valence-corrected chi connectivity index (χ0v) is 14.3. The number of nitrogens with one attached hydrogen (secondary N) is 1. The Kier molecular flexibility index (Phi) is 6.28. The molecule has 7 heteroatoms. The van der Waals surface area contributed by atoms with E-state index in [1.165, 1.54) is 7.11 Å². The fourth-order valence-electron chi connectivity index (χ4n) is 2.77. The van der Waals surface area contributed by atoms with Crippen LogP contribution in [-0.4, -0.2) is 56.9 Å². The molecule has 1 aromatic carbocycles. The molecule has 1 unspecified atom stereocenters. The van der Waals surface area contributed by atoms with Crippen LogP contribution in [-0.2, 0) is 4.74 Å². The number of likely N-dealkylation sites (tertiary alicyclic amines) is 1. The number of carbonyl (C=O) groups is 2. The second-order valence-electron chi connectivity index (χ2n) is 5.52. The number of piperidine rings is 1. The van der Waals surface area contributed by atoms with E-state index in [-0.39, 0.29) is 11.9 Å². The van der Waals surface area contributed by atoms with Crippen LogP contribution < -0.4 is 14.8 Å². The van der Waals surface area contributed by atoms with Gasteiger partial charge in [-0.3, -0.25) is 4.79 Å². The van der Waals surface area contributed by atoms with Crippen molar-refractivity contribution in [3.8, 4) is 11.5 Å². The summed E-state index contributed by atoms with van der Waals surface area (Å²) < 4.78 is 15.3. The molecular weight excluding hydrogens is 312 g/mol. The molecule has 1 aromatic rings. The van der Waals surface area contributed by atoms with Gasteiger partial charge in [0, 0.05) is 24.7 Å². The van der Waals surface area contributed by atoms with Crippen LogP contribution in [0.4, 0.5) is 4.79 Å². The molecular formula is C17H24N2O5. The molecule has 132 valence electrons. The van der Waals surface area contributed by atoms with Crippen molar-refractivity contribution in [2.45, 2.75) is 25.8 Å². The fraction of sp³-hybridized carbons (Fsp3) is 0.529. The van der Waals surface area contributed by atoms with Crippen molar-refractivity contribution in [2.24, 2.45) is 0 Å². The van der Waals surface area contributed by atoms with Gasteiger partial charge >= 0.3 is 6.09 Å². The van der Waals surface area contributed by atoms with E-state index in [1.54, 1.807) is 37.1 Å². The number of alkyl carbamates (subject to hydrolysis) is 1. The van der Waals surface area contributed by atoms with E-state index in [1.807, 2.05) is 0 Å². The van der Waals surface area contributed by atoms with Crippen LogP contribution in [0.5, 0.6) is 11.5 Å². The number of hydrogen-bond donors (Lipinski definition) is 1. The van der Waals surface area contributed by atoms with E-state index in [0.29, 0.717) is 36.8 Å². The Morgan fingerprint density at radius 1 is 1.25 bits per heavy atom. The van der Waals surface area contributed by atoms with Crippen LogP contribution in [0.25, 0.3) is 0 Å². The second-order valence-corrected chi connectivity index (χ2v) is 5.52. The molecule has 7 nitrogen and oxygen atoms in total. The Hall–Kier alpha value is -2.44. The molecule has 0 radical (unpaired) electrons. The molecule has 0 spiro atoms. The van der Waals surface area contributed by atoms with Gasteiger partial charge in [-0.05, 0) is 38.0 Å². The normalized spacial score (nSPS) is 17.1. The summed E-state index contributed by atoms with van der Waals surface area (Å²) in [6, 6.07) is 5.00. The van der Waals surface area contributed by atoms with Gasteiger partial charge in [0.1, 0.15) is 0 Å². The quantitative estimate of drug-likeness (QED) is 0.890. The summed E-state index contributed by atoms with van der Waals surface area (Å²) in [6.45, 7) is 3.21. The fourth-order valence-corrected chi connectivity index (χ4v) is 2.77. The minimum absolute atomic E-state index is 0.0914. The van der Waals surface area contributed by atoms with E-state index >= 15 is 0 Å². The molecule has 2 amide bonds. The van der Waals surface area contributed by atoms with E-state index in [4.69, 9.17) is 14.2 Å². The van der Waals surface area contributed by atoms with Crippen molar-refractivity contribution < 1.29 is 23.8 Å². The van der Waals surface area contributed by atoms with Crippen LogP contribution in [0.3, 0.4) is 0 Å². The highest BCUT2D eigenvalue weighted by Crippen LogP contribution is 2.28. The monoisotopic (exact) mass is 336 g/mol. The number of methoxy groups -OCH3 is 2. The molecule has 1 saturated heterocycles. The minimum atomic E-state index is -0.442. The van der Waals surface area contributed by atoms with Gasteiger partial charge in [0.2, 0.25) is 0 Å². The summed E-state index contributed by atoms with van der Waals surface area (Å²) >= 11 is 0. The largest absolute Gasteiger partial charge is 0.493 e. The summed E-state index contributed by atoms with van der Waals surface area (Å²) in [4.78, 5) is 26.0. The molecule has 1 N–H and O–H groups in total. The average Bonchev–Trinajstić information content (AvgIpc) is 2.60. The van der Waals surface area contributed by atoms with Crippen LogP contribution in [0.2, 0.25) is 0 Å². The number of rotatable bonds is 5. The summed E-state index contributed by atoms with van der Waals surface area (Å²) in [5.74, 6) is 1.00. The number of nitrogens with zero attached hydrogens (tertiary/aromatic N) is 1. The number of carbonyl (C=O) groups excluding carboxylic acids is 2. The van der Waals surface area contributed by atoms with Crippen molar-refractivity contribution in [3.05, 3.63) is 23.8 Å². The third-order valence-electron chi connectivity index (χ3n) is 3.94. The molecule has 2 rings (SSSR count). The molecule has 1 aliphatic heterocycles. The summed E-state index contributed by atoms with van der Waals surface area (Å²) in [5.41, 5.74) is 0.532. The molecule has 1 atom stereocenters. The lowest BCUT2D eigenvalue weighted by Gasteiger charge is -2.33. The van der Waals surface area contributed by atoms with Crippen molar-refractivity contribution in [2.75, 3.05) is 33.9 Å². The average molecular weight is 336 g/mol. The maximum Gasteiger partial charge on any atom is 0.407 e. The minimum Gasteiger partial charge on any atom is -0.493 e. The lowest BCUT2D eigenvalue weighted by Crippen LogP contribution is -2.49. The molecule has 0 aliphatic carbocycles. The van der Waals surface area contributed by atoms with E-state index in [0.717, 1.165) is 12.8 Å². The van der Waals surface area contributed by atoms with E-state index in [2.05, 4.69) is 5.32 Å². The molecule has 0 saturated carbocycles. The zero-order valence-electron chi connectivity index (χ0n) is 14.3. The second kappa shape index (κ2) is 8.42. The Balaban J connectivity index is 2.05. The molecule has 1 aliphatic rings. The summed E-state index contributed by atoms with van der Waals surface area (Å²) in [6.07, 6.45) is 1.22. The molecule has 1 heterocycles. The first-order valence-electron chi connectivity index (χ1n) is 8.03. The number of amides is 2. The first kappa shape index (κ1) is 17.9. The van der Waals surface area contributed by atoms with Gasteiger partial charge in [-0.15, -0.1) is 0 Å². The molecule has 0 bridgehead atoms. The lowest BCUT2D eigenvalue weighted by molar-refractivity contribution is 0.0685. The van der Waals surface area contributed by atoms with Gasteiger partial charge in [-0.2, -0.15) is 0 Å². The predicted molar refractivity (Wildman–Crippen MR) is 88.6 cm³/mol. The van der Waals surface area contributed by atoms with Gasteiger partial charge in [0.15, 0.2) is 11.5 Å². The van der Waals surface area contributed by atoms with Gasteiger partial charge in [0.05, 0.1) is 20.8 Å². The predicted octanol–water partition coefficient (Wildman–Crippen LogP) is 2.05. The highest BCUT2D eigenvalue weighted by Gasteiger charge is 2.26. The highest BCUT2D eigenvalue weighted by molar-refractivity contribution is 5.95. The van der Waals surface area contributed by atoms with E-state index in [9.17, 15) is 9.59 Å². The Morgan fingerprint density at radius 2 is 2.00 bits per heavy atom. The molecule has 24 heavy (non-hydrogen) atoms. The van der Waals surface area contributed by atoms with Crippen molar-refractivity contribution in [3.63, 3.8) is 0 Å². The Bertz CT molecular complexity index is 590. The topological polar surface area (TPSA) is 77.1 Å². The van der Waals surface area contributed by atoms with Crippen molar-refractivity contribution >= 4 is 12.0 Å². The Labute approximate surface area is 141 Å². The smallest absolute Gasteiger partial charge is 0.407 e. The number of ether oxygens (including phenoxy) is 3. The summed E-state index contributed by atoms with van der Waals surface area (Å²) in [7, 11) is 3.09. The van der Waals surface area contributed by atoms with Crippen LogP contribution >= 0.6 is 0 Å². The van der Waals surface area contributed by atoms with E-state index < -0.39 is 6.09 Å². The van der Waals surface area contributed by atoms with Gasteiger partial charge in [0.25, 0.3) is 5.91 Å².